The molecule has 2 aliphatic rings. The molecule has 0 bridgehead atoms. The summed E-state index contributed by atoms with van der Waals surface area (Å²) in [5.41, 5.74) is 0. The van der Waals surface area contributed by atoms with E-state index >= 15 is 0 Å². The van der Waals surface area contributed by atoms with E-state index in [1.165, 1.54) is 25.8 Å². The van der Waals surface area contributed by atoms with Crippen molar-refractivity contribution in [1.82, 2.24) is 5.32 Å². The normalized spacial score (nSPS) is 35.7. The molecule has 0 spiro atoms. The van der Waals surface area contributed by atoms with E-state index in [2.05, 4.69) is 5.32 Å². The second-order valence-corrected chi connectivity index (χ2v) is 6.02. The zero-order valence-corrected chi connectivity index (χ0v) is 8.94. The highest BCUT2D eigenvalue weighted by Crippen LogP contribution is 2.25. The third-order valence-electron chi connectivity index (χ3n) is 3.31. The molecule has 0 amide bonds. The Bertz CT molecular complexity index is 181. The van der Waals surface area contributed by atoms with E-state index in [1.54, 1.807) is 0 Å². The Morgan fingerprint density at radius 1 is 1.15 bits per heavy atom. The zero-order valence-electron chi connectivity index (χ0n) is 8.13. The van der Waals surface area contributed by atoms with Gasteiger partial charge in [0.1, 0.15) is 0 Å². The molecule has 1 saturated carbocycles. The maximum atomic E-state index is 11.1. The summed E-state index contributed by atoms with van der Waals surface area (Å²) in [6.45, 7) is 1.21. The van der Waals surface area contributed by atoms with Crippen LogP contribution in [-0.2, 0) is 10.8 Å². The highest BCUT2D eigenvalue weighted by atomic mass is 32.2. The minimum absolute atomic E-state index is 0.503. The lowest BCUT2D eigenvalue weighted by Crippen LogP contribution is -2.39. The van der Waals surface area contributed by atoms with Gasteiger partial charge in [-0.25, -0.2) is 0 Å². The van der Waals surface area contributed by atoms with Gasteiger partial charge in [-0.15, -0.1) is 0 Å². The van der Waals surface area contributed by atoms with Gasteiger partial charge >= 0.3 is 0 Å². The van der Waals surface area contributed by atoms with Gasteiger partial charge in [-0.05, 0) is 38.1 Å². The van der Waals surface area contributed by atoms with E-state index in [9.17, 15) is 4.21 Å². The standard InChI is InChI=1S/C10H19NOS/c12-13-6-4-10(5-7-13)11-8-9-2-1-3-9/h9-11H,1-8H2. The summed E-state index contributed by atoms with van der Waals surface area (Å²) in [4.78, 5) is 0. The van der Waals surface area contributed by atoms with Crippen molar-refractivity contribution >= 4 is 10.8 Å². The van der Waals surface area contributed by atoms with Gasteiger partial charge in [-0.3, -0.25) is 4.21 Å². The number of nitrogens with one attached hydrogen (secondary N) is 1. The first-order valence-electron chi connectivity index (χ1n) is 5.43. The molecule has 76 valence electrons. The lowest BCUT2D eigenvalue weighted by atomic mass is 9.85. The highest BCUT2D eigenvalue weighted by molar-refractivity contribution is 7.85. The van der Waals surface area contributed by atoms with Crippen molar-refractivity contribution in [1.29, 1.82) is 0 Å². The molecular formula is C10H19NOS. The average Bonchev–Trinajstić information content (AvgIpc) is 2.05. The average molecular weight is 201 g/mol. The highest BCUT2D eigenvalue weighted by Gasteiger charge is 2.21. The largest absolute Gasteiger partial charge is 0.314 e. The molecule has 1 N–H and O–H groups in total. The third kappa shape index (κ3) is 2.78. The predicted molar refractivity (Wildman–Crippen MR) is 56.2 cm³/mol. The summed E-state index contributed by atoms with van der Waals surface area (Å²) < 4.78 is 11.1. The molecule has 1 saturated heterocycles. The first-order chi connectivity index (χ1) is 6.34. The van der Waals surface area contributed by atoms with E-state index in [0.29, 0.717) is 6.04 Å². The number of rotatable bonds is 3. The Hall–Kier alpha value is 0.110. The Labute approximate surface area is 82.9 Å². The molecule has 2 fully saturated rings. The van der Waals surface area contributed by atoms with Gasteiger partial charge in [-0.1, -0.05) is 6.42 Å². The number of hydrogen-bond acceptors (Lipinski definition) is 2. The quantitative estimate of drug-likeness (QED) is 0.745. The van der Waals surface area contributed by atoms with Crippen molar-refractivity contribution in [3.05, 3.63) is 0 Å². The van der Waals surface area contributed by atoms with E-state index in [4.69, 9.17) is 0 Å². The maximum Gasteiger partial charge on any atom is 0.0249 e. The number of hydrogen-bond donors (Lipinski definition) is 1. The molecule has 0 aromatic heterocycles. The van der Waals surface area contributed by atoms with E-state index < -0.39 is 10.8 Å². The zero-order chi connectivity index (χ0) is 9.10. The van der Waals surface area contributed by atoms with E-state index in [-0.39, 0.29) is 0 Å². The second-order valence-electron chi connectivity index (χ2n) is 4.33. The maximum absolute atomic E-state index is 11.1. The fourth-order valence-electron chi connectivity index (χ4n) is 2.03. The summed E-state index contributed by atoms with van der Waals surface area (Å²) in [6, 6.07) is 0.665. The van der Waals surface area contributed by atoms with Crippen LogP contribution in [0.4, 0.5) is 0 Å². The Kier molecular flexibility index (Phi) is 3.39. The van der Waals surface area contributed by atoms with E-state index in [1.807, 2.05) is 0 Å². The molecule has 0 radical (unpaired) electrons. The van der Waals surface area contributed by atoms with Crippen molar-refractivity contribution in [2.75, 3.05) is 18.1 Å². The van der Waals surface area contributed by atoms with Crippen LogP contribution < -0.4 is 5.32 Å². The first kappa shape index (κ1) is 9.66. The van der Waals surface area contributed by atoms with Crippen LogP contribution >= 0.6 is 0 Å². The van der Waals surface area contributed by atoms with Crippen LogP contribution in [0, 0.1) is 5.92 Å². The smallest absolute Gasteiger partial charge is 0.0249 e. The molecule has 0 aromatic rings. The van der Waals surface area contributed by atoms with Crippen LogP contribution in [0.15, 0.2) is 0 Å². The van der Waals surface area contributed by atoms with Crippen LogP contribution in [0.25, 0.3) is 0 Å². The molecule has 13 heavy (non-hydrogen) atoms. The fourth-order valence-corrected chi connectivity index (χ4v) is 3.33. The van der Waals surface area contributed by atoms with Crippen LogP contribution in [0.5, 0.6) is 0 Å². The molecular weight excluding hydrogens is 182 g/mol. The minimum Gasteiger partial charge on any atom is -0.314 e. The molecule has 3 heteroatoms. The van der Waals surface area contributed by atoms with Gasteiger partial charge in [0.2, 0.25) is 0 Å². The summed E-state index contributed by atoms with van der Waals surface area (Å²) >= 11 is 0. The Morgan fingerprint density at radius 2 is 1.85 bits per heavy atom. The van der Waals surface area contributed by atoms with Gasteiger partial charge in [-0.2, -0.15) is 0 Å². The Morgan fingerprint density at radius 3 is 2.38 bits per heavy atom. The van der Waals surface area contributed by atoms with E-state index in [0.717, 1.165) is 30.3 Å². The van der Waals surface area contributed by atoms with Gasteiger partial charge in [0.05, 0.1) is 0 Å². The molecule has 0 aromatic carbocycles. The van der Waals surface area contributed by atoms with Gasteiger partial charge in [0.25, 0.3) is 0 Å². The minimum atomic E-state index is -0.503. The Balaban J connectivity index is 1.61. The predicted octanol–water partition coefficient (Wildman–Crippen LogP) is 1.29. The summed E-state index contributed by atoms with van der Waals surface area (Å²) in [6.07, 6.45) is 6.52. The van der Waals surface area contributed by atoms with Gasteiger partial charge in [0.15, 0.2) is 0 Å². The van der Waals surface area contributed by atoms with Gasteiger partial charge < -0.3 is 5.32 Å². The topological polar surface area (TPSA) is 29.1 Å². The monoisotopic (exact) mass is 201 g/mol. The lowest BCUT2D eigenvalue weighted by Gasteiger charge is -2.29. The fraction of sp³-hybridized carbons (Fsp3) is 1.00. The summed E-state index contributed by atoms with van der Waals surface area (Å²) in [5.74, 6) is 2.79. The van der Waals surface area contributed by atoms with Crippen LogP contribution in [0.2, 0.25) is 0 Å². The second kappa shape index (κ2) is 4.56. The van der Waals surface area contributed by atoms with Crippen molar-refractivity contribution in [3.8, 4) is 0 Å². The molecule has 2 nitrogen and oxygen atoms in total. The first-order valence-corrected chi connectivity index (χ1v) is 6.92. The van der Waals surface area contributed by atoms with Crippen molar-refractivity contribution < 1.29 is 4.21 Å². The third-order valence-corrected chi connectivity index (χ3v) is 4.69. The molecule has 1 heterocycles. The lowest BCUT2D eigenvalue weighted by molar-refractivity contribution is 0.285. The van der Waals surface area contributed by atoms with Crippen molar-refractivity contribution in [2.45, 2.75) is 38.1 Å². The molecule has 1 aliphatic heterocycles. The van der Waals surface area contributed by atoms with Crippen molar-refractivity contribution in [2.24, 2.45) is 5.92 Å². The molecule has 1 aliphatic carbocycles. The van der Waals surface area contributed by atoms with Crippen LogP contribution in [0.1, 0.15) is 32.1 Å². The molecule has 2 rings (SSSR count). The van der Waals surface area contributed by atoms with Gasteiger partial charge in [0, 0.05) is 28.3 Å². The van der Waals surface area contributed by atoms with Crippen LogP contribution in [0.3, 0.4) is 0 Å². The van der Waals surface area contributed by atoms with Crippen LogP contribution in [-0.4, -0.2) is 28.3 Å². The summed E-state index contributed by atoms with van der Waals surface area (Å²) in [5, 5.41) is 3.61. The molecule has 0 atom stereocenters. The molecule has 0 unspecified atom stereocenters. The SMILES string of the molecule is O=S1CCC(NCC2CCC2)CC1. The van der Waals surface area contributed by atoms with Crippen molar-refractivity contribution in [3.63, 3.8) is 0 Å². The summed E-state index contributed by atoms with van der Waals surface area (Å²) in [7, 11) is -0.503.